The molecule has 0 spiro atoms. The monoisotopic (exact) mass is 394 g/mol. The van der Waals surface area contributed by atoms with Crippen molar-refractivity contribution in [2.45, 2.75) is 26.4 Å². The molecule has 1 aliphatic heterocycles. The lowest BCUT2D eigenvalue weighted by Gasteiger charge is -2.22. The molecule has 1 aromatic heterocycles. The van der Waals surface area contributed by atoms with Crippen molar-refractivity contribution in [1.29, 1.82) is 0 Å². The number of carboxylic acid groups (broad SMARTS) is 2. The maximum absolute atomic E-state index is 12.8. The van der Waals surface area contributed by atoms with Gasteiger partial charge in [-0.3, -0.25) is 14.6 Å². The van der Waals surface area contributed by atoms with E-state index in [9.17, 15) is 24.6 Å². The molecule has 0 bridgehead atoms. The fourth-order valence-electron chi connectivity index (χ4n) is 3.56. The van der Waals surface area contributed by atoms with E-state index in [0.29, 0.717) is 11.3 Å². The highest BCUT2D eigenvalue weighted by atomic mass is 16.4. The van der Waals surface area contributed by atoms with Crippen LogP contribution < -0.4 is 4.90 Å². The Balaban J connectivity index is 1.89. The van der Waals surface area contributed by atoms with Crippen LogP contribution in [0.3, 0.4) is 0 Å². The van der Waals surface area contributed by atoms with Gasteiger partial charge in [-0.2, -0.15) is 4.68 Å². The molecule has 0 atom stereocenters. The van der Waals surface area contributed by atoms with E-state index in [1.54, 1.807) is 13.0 Å². The van der Waals surface area contributed by atoms with Gasteiger partial charge in [0, 0.05) is 12.0 Å². The van der Waals surface area contributed by atoms with Gasteiger partial charge in [0.1, 0.15) is 0 Å². The molecule has 1 aliphatic rings. The number of hydrogen-bond acceptors (Lipinski definition) is 4. The van der Waals surface area contributed by atoms with Gasteiger partial charge in [0.2, 0.25) is 5.91 Å². The molecule has 9 heteroatoms. The van der Waals surface area contributed by atoms with Gasteiger partial charge < -0.3 is 10.2 Å². The van der Waals surface area contributed by atoms with Crippen LogP contribution in [0.15, 0.2) is 42.5 Å². The molecule has 0 unspecified atom stereocenters. The van der Waals surface area contributed by atoms with E-state index in [4.69, 9.17) is 0 Å². The van der Waals surface area contributed by atoms with Crippen LogP contribution in [0.4, 0.5) is 21.1 Å². The molecular weight excluding hydrogens is 376 g/mol. The first kappa shape index (κ1) is 18.5. The number of nitrogens with zero attached hydrogens (tertiary/aromatic N) is 4. The summed E-state index contributed by atoms with van der Waals surface area (Å²) in [7, 11) is 0. The maximum atomic E-state index is 12.8. The van der Waals surface area contributed by atoms with Crippen molar-refractivity contribution in [3.8, 4) is 0 Å². The number of carbonyl (C=O) groups excluding carboxylic acids is 1. The van der Waals surface area contributed by atoms with Gasteiger partial charge in [-0.25, -0.2) is 9.59 Å². The third kappa shape index (κ3) is 3.06. The molecule has 0 saturated heterocycles. The van der Waals surface area contributed by atoms with Gasteiger partial charge in [0.25, 0.3) is 0 Å². The van der Waals surface area contributed by atoms with Crippen LogP contribution in [0.5, 0.6) is 0 Å². The molecule has 29 heavy (non-hydrogen) atoms. The van der Waals surface area contributed by atoms with E-state index < -0.39 is 12.2 Å². The van der Waals surface area contributed by atoms with Crippen molar-refractivity contribution in [2.75, 3.05) is 4.90 Å². The summed E-state index contributed by atoms with van der Waals surface area (Å²) in [5, 5.41) is 24.9. The van der Waals surface area contributed by atoms with Crippen LogP contribution in [0.25, 0.3) is 10.8 Å². The predicted octanol–water partition coefficient (Wildman–Crippen LogP) is 3.63. The average Bonchev–Trinajstić information content (AvgIpc) is 3.28. The van der Waals surface area contributed by atoms with Gasteiger partial charge in [-0.05, 0) is 22.9 Å². The molecule has 0 fully saturated rings. The number of amides is 2. The predicted molar refractivity (Wildman–Crippen MR) is 104 cm³/mol. The normalized spacial score (nSPS) is 12.8. The molecule has 2 N–H and O–H groups in total. The Morgan fingerprint density at radius 1 is 1.03 bits per heavy atom. The van der Waals surface area contributed by atoms with Gasteiger partial charge in [-0.1, -0.05) is 37.3 Å². The van der Waals surface area contributed by atoms with Gasteiger partial charge >= 0.3 is 12.2 Å². The first-order valence-electron chi connectivity index (χ1n) is 9.04. The highest BCUT2D eigenvalue weighted by Gasteiger charge is 2.36. The lowest BCUT2D eigenvalue weighted by molar-refractivity contribution is -0.117. The van der Waals surface area contributed by atoms with Gasteiger partial charge in [0.05, 0.1) is 24.5 Å². The van der Waals surface area contributed by atoms with Crippen molar-refractivity contribution in [2.24, 2.45) is 0 Å². The summed E-state index contributed by atoms with van der Waals surface area (Å²) in [5.74, 6) is -0.125. The summed E-state index contributed by atoms with van der Waals surface area (Å²) < 4.78 is 0.755. The molecule has 3 aromatic rings. The number of fused-ring (bicyclic) bond motifs is 2. The SMILES string of the molecule is CCC(=O)N(c1ccc2ccccc2c1)c1nn(C(=O)O)c2c1CN(C(=O)O)C2. The lowest BCUT2D eigenvalue weighted by atomic mass is 10.1. The average molecular weight is 394 g/mol. The summed E-state index contributed by atoms with van der Waals surface area (Å²) in [6.07, 6.45) is -2.32. The van der Waals surface area contributed by atoms with Crippen LogP contribution in [0.2, 0.25) is 0 Å². The zero-order valence-corrected chi connectivity index (χ0v) is 15.6. The Bertz CT molecular complexity index is 1150. The zero-order valence-electron chi connectivity index (χ0n) is 15.6. The van der Waals surface area contributed by atoms with Gasteiger partial charge in [-0.15, -0.1) is 5.10 Å². The van der Waals surface area contributed by atoms with E-state index in [1.165, 1.54) is 4.90 Å². The molecule has 2 amide bonds. The summed E-state index contributed by atoms with van der Waals surface area (Å²) in [5.41, 5.74) is 1.22. The second-order valence-electron chi connectivity index (χ2n) is 6.70. The Hall–Kier alpha value is -3.88. The number of rotatable bonds is 3. The molecule has 9 nitrogen and oxygen atoms in total. The summed E-state index contributed by atoms with van der Waals surface area (Å²) in [6.45, 7) is 1.57. The minimum atomic E-state index is -1.33. The van der Waals surface area contributed by atoms with Crippen molar-refractivity contribution in [1.82, 2.24) is 14.7 Å². The summed E-state index contributed by atoms with van der Waals surface area (Å²) in [6, 6.07) is 13.1. The molecule has 0 saturated carbocycles. The first-order valence-corrected chi connectivity index (χ1v) is 9.04. The van der Waals surface area contributed by atoms with Crippen molar-refractivity contribution in [3.05, 3.63) is 53.7 Å². The second kappa shape index (κ2) is 6.93. The fourth-order valence-corrected chi connectivity index (χ4v) is 3.56. The van der Waals surface area contributed by atoms with Crippen LogP contribution >= 0.6 is 0 Å². The number of carbonyl (C=O) groups is 3. The fraction of sp³-hybridized carbons (Fsp3) is 0.200. The van der Waals surface area contributed by atoms with Crippen LogP contribution in [-0.2, 0) is 17.9 Å². The summed E-state index contributed by atoms with van der Waals surface area (Å²) >= 11 is 0. The molecule has 0 aliphatic carbocycles. The molecule has 4 rings (SSSR count). The third-order valence-electron chi connectivity index (χ3n) is 4.96. The molecule has 148 valence electrons. The van der Waals surface area contributed by atoms with Crippen LogP contribution in [-0.4, -0.2) is 43.0 Å². The van der Waals surface area contributed by atoms with Gasteiger partial charge in [0.15, 0.2) is 5.82 Å². The Morgan fingerprint density at radius 3 is 2.41 bits per heavy atom. The standard InChI is InChI=1S/C20H18N4O5/c1-2-17(25)23(14-8-7-12-5-3-4-6-13(12)9-14)18-15-10-22(19(26)27)11-16(15)24(21-18)20(28)29/h3-9H,2,10-11H2,1H3,(H,26,27)(H,28,29). The lowest BCUT2D eigenvalue weighted by Crippen LogP contribution is -2.29. The third-order valence-corrected chi connectivity index (χ3v) is 4.96. The molecule has 2 heterocycles. The van der Waals surface area contributed by atoms with E-state index in [2.05, 4.69) is 5.10 Å². The van der Waals surface area contributed by atoms with Crippen molar-refractivity contribution >= 4 is 40.4 Å². The Labute approximate surface area is 165 Å². The number of anilines is 2. The second-order valence-corrected chi connectivity index (χ2v) is 6.70. The topological polar surface area (TPSA) is 116 Å². The van der Waals surface area contributed by atoms with E-state index in [1.807, 2.05) is 36.4 Å². The smallest absolute Gasteiger partial charge is 0.432 e. The van der Waals surface area contributed by atoms with Crippen LogP contribution in [0, 0.1) is 0 Å². The van der Waals surface area contributed by atoms with Crippen LogP contribution in [0.1, 0.15) is 24.6 Å². The van der Waals surface area contributed by atoms with E-state index >= 15 is 0 Å². The highest BCUT2D eigenvalue weighted by Crippen LogP contribution is 2.36. The van der Waals surface area contributed by atoms with E-state index in [0.717, 1.165) is 20.4 Å². The Kier molecular flexibility index (Phi) is 4.42. The van der Waals surface area contributed by atoms with Crippen molar-refractivity contribution in [3.63, 3.8) is 0 Å². The molecule has 0 radical (unpaired) electrons. The summed E-state index contributed by atoms with van der Waals surface area (Å²) in [4.78, 5) is 38.4. The van der Waals surface area contributed by atoms with E-state index in [-0.39, 0.29) is 36.9 Å². The highest BCUT2D eigenvalue weighted by molar-refractivity contribution is 6.02. The zero-order chi connectivity index (χ0) is 20.7. The minimum Gasteiger partial charge on any atom is -0.465 e. The number of hydrogen-bond donors (Lipinski definition) is 2. The van der Waals surface area contributed by atoms with Crippen molar-refractivity contribution < 1.29 is 24.6 Å². The number of benzene rings is 2. The molecule has 2 aromatic carbocycles. The Morgan fingerprint density at radius 2 is 1.76 bits per heavy atom. The first-order chi connectivity index (χ1) is 13.9. The largest absolute Gasteiger partial charge is 0.465 e. The minimum absolute atomic E-state index is 0.0334. The number of aromatic nitrogens is 2. The molecular formula is C20H18N4O5. The maximum Gasteiger partial charge on any atom is 0.432 e. The quantitative estimate of drug-likeness (QED) is 0.701.